The number of likely N-dealkylation sites (N-methyl/N-ethyl adjacent to an activating group) is 1. The molecule has 1 amide bonds. The van der Waals surface area contributed by atoms with E-state index in [1.54, 1.807) is 23.5 Å². The van der Waals surface area contributed by atoms with Crippen molar-refractivity contribution in [3.05, 3.63) is 44.1 Å². The molecule has 39 heavy (non-hydrogen) atoms. The maximum absolute atomic E-state index is 13.4. The first-order valence-corrected chi connectivity index (χ1v) is 15.6. The molecule has 1 aromatic carbocycles. The number of esters is 1. The largest absolute Gasteiger partial charge is 0.504 e. The predicted molar refractivity (Wildman–Crippen MR) is 152 cm³/mol. The first-order chi connectivity index (χ1) is 18.8. The van der Waals surface area contributed by atoms with E-state index in [2.05, 4.69) is 20.8 Å². The minimum atomic E-state index is -0.392. The molecule has 2 aromatic rings. The highest BCUT2D eigenvalue weighted by Crippen LogP contribution is 2.65. The van der Waals surface area contributed by atoms with Crippen LogP contribution in [0.2, 0.25) is 0 Å². The van der Waals surface area contributed by atoms with Crippen LogP contribution in [0.4, 0.5) is 0 Å². The normalized spacial score (nSPS) is 30.6. The van der Waals surface area contributed by atoms with Gasteiger partial charge in [0.1, 0.15) is 11.9 Å². The van der Waals surface area contributed by atoms with Gasteiger partial charge in [0.05, 0.1) is 6.04 Å². The Bertz CT molecular complexity index is 1390. The number of hydrogen-bond acceptors (Lipinski definition) is 7. The van der Waals surface area contributed by atoms with E-state index in [-0.39, 0.29) is 29.2 Å². The Morgan fingerprint density at radius 2 is 2.13 bits per heavy atom. The molecule has 0 unspecified atom stereocenters. The Morgan fingerprint density at radius 1 is 1.31 bits per heavy atom. The summed E-state index contributed by atoms with van der Waals surface area (Å²) in [6.07, 6.45) is 9.42. The van der Waals surface area contributed by atoms with Crippen molar-refractivity contribution in [2.45, 2.75) is 69.1 Å². The van der Waals surface area contributed by atoms with Gasteiger partial charge in [-0.25, -0.2) is 0 Å². The van der Waals surface area contributed by atoms with Crippen LogP contribution in [0.3, 0.4) is 0 Å². The van der Waals surface area contributed by atoms with Gasteiger partial charge in [-0.3, -0.25) is 14.5 Å². The summed E-state index contributed by atoms with van der Waals surface area (Å²) in [5, 5.41) is 13.1. The SMILES string of the molecule is CC(=O)Oc1cc(O)c2c3c1C[C@@H]1[C@@H]4CC[C@H](N(C)C(=O)/C=C/c5cc(Br)cs5)[C@H](O2)[C@]34CCN1CC1CC1. The molecule has 2 bridgehead atoms. The summed E-state index contributed by atoms with van der Waals surface area (Å²) >= 11 is 5.06. The second-order valence-corrected chi connectivity index (χ2v) is 13.8. The van der Waals surface area contributed by atoms with E-state index in [9.17, 15) is 14.7 Å². The van der Waals surface area contributed by atoms with Crippen LogP contribution in [-0.4, -0.2) is 65.1 Å². The number of rotatable bonds is 6. The van der Waals surface area contributed by atoms with Crippen LogP contribution in [0.1, 0.15) is 55.0 Å². The van der Waals surface area contributed by atoms with Gasteiger partial charge in [0.2, 0.25) is 5.91 Å². The summed E-state index contributed by atoms with van der Waals surface area (Å²) in [5.41, 5.74) is 1.71. The van der Waals surface area contributed by atoms with Gasteiger partial charge < -0.3 is 19.5 Å². The topological polar surface area (TPSA) is 79.3 Å². The number of amides is 1. The number of hydrogen-bond donors (Lipinski definition) is 1. The van der Waals surface area contributed by atoms with Crippen molar-refractivity contribution in [1.82, 2.24) is 9.80 Å². The van der Waals surface area contributed by atoms with Crippen LogP contribution in [0.5, 0.6) is 17.2 Å². The zero-order chi connectivity index (χ0) is 27.1. The number of halogens is 1. The second kappa shape index (κ2) is 9.35. The fourth-order valence-corrected chi connectivity index (χ4v) is 9.34. The first-order valence-electron chi connectivity index (χ1n) is 13.9. The van der Waals surface area contributed by atoms with Gasteiger partial charge in [0.25, 0.3) is 0 Å². The molecule has 206 valence electrons. The smallest absolute Gasteiger partial charge is 0.308 e. The molecule has 0 radical (unpaired) electrons. The van der Waals surface area contributed by atoms with Crippen molar-refractivity contribution >= 4 is 45.2 Å². The third-order valence-corrected chi connectivity index (χ3v) is 11.4. The first kappa shape index (κ1) is 25.6. The van der Waals surface area contributed by atoms with Gasteiger partial charge in [-0.2, -0.15) is 0 Å². The number of phenolic OH excluding ortho intramolecular Hbond substituents is 1. The van der Waals surface area contributed by atoms with Crippen LogP contribution in [0.25, 0.3) is 6.08 Å². The Hall–Kier alpha value is -2.36. The highest BCUT2D eigenvalue weighted by Gasteiger charge is 2.67. The average Bonchev–Trinajstić information content (AvgIpc) is 3.51. The van der Waals surface area contributed by atoms with E-state index in [1.165, 1.54) is 19.8 Å². The zero-order valence-corrected chi connectivity index (χ0v) is 24.6. The van der Waals surface area contributed by atoms with Crippen LogP contribution < -0.4 is 9.47 Å². The fraction of sp³-hybridized carbons (Fsp3) is 0.533. The molecule has 3 heterocycles. The fourth-order valence-electron chi connectivity index (χ4n) is 8.00. The van der Waals surface area contributed by atoms with Crippen LogP contribution in [0.15, 0.2) is 28.1 Å². The van der Waals surface area contributed by atoms with Crippen LogP contribution in [-0.2, 0) is 21.4 Å². The molecule has 5 atom stereocenters. The van der Waals surface area contributed by atoms with E-state index >= 15 is 0 Å². The molecule has 2 saturated carbocycles. The van der Waals surface area contributed by atoms with Crippen molar-refractivity contribution in [2.75, 3.05) is 20.1 Å². The molecular formula is C30H33BrN2O5S. The minimum absolute atomic E-state index is 0.0160. The van der Waals surface area contributed by atoms with Crippen molar-refractivity contribution in [3.8, 4) is 17.2 Å². The Morgan fingerprint density at radius 3 is 2.85 bits per heavy atom. The number of ether oxygens (including phenoxy) is 2. The van der Waals surface area contributed by atoms with E-state index < -0.39 is 5.97 Å². The molecule has 1 spiro atoms. The number of carbonyl (C=O) groups excluding carboxylic acids is 2. The number of piperidine rings is 1. The van der Waals surface area contributed by atoms with Gasteiger partial charge in [0, 0.05) is 70.0 Å². The Balaban J connectivity index is 1.27. The lowest BCUT2D eigenvalue weighted by molar-refractivity contribution is -0.135. The molecule has 1 saturated heterocycles. The van der Waals surface area contributed by atoms with E-state index in [0.717, 1.165) is 65.2 Å². The van der Waals surface area contributed by atoms with E-state index in [0.29, 0.717) is 23.5 Å². The maximum Gasteiger partial charge on any atom is 0.308 e. The van der Waals surface area contributed by atoms with Crippen molar-refractivity contribution in [2.24, 2.45) is 11.8 Å². The van der Waals surface area contributed by atoms with Gasteiger partial charge >= 0.3 is 5.97 Å². The summed E-state index contributed by atoms with van der Waals surface area (Å²) in [5.74, 6) is 1.71. The van der Waals surface area contributed by atoms with Crippen LogP contribution >= 0.6 is 27.3 Å². The number of aromatic hydroxyl groups is 1. The standard InChI is InChI=1S/C30H33BrN2O5S/c1-16(34)37-25-13-24(35)28-27-20(25)12-23-21-6-7-22(32(2)26(36)8-5-19-11-18(31)15-39-19)29(38-28)30(21,27)9-10-33(23)14-17-3-4-17/h5,8,11,13,15,17,21-23,29,35H,3-4,6-7,9-10,12,14H2,1-2H3/b8-5+/t21-,22-,23+,29-,30-/m0/s1. The van der Waals surface area contributed by atoms with Crippen LogP contribution in [0, 0.1) is 11.8 Å². The number of carbonyl (C=O) groups is 2. The molecule has 1 aromatic heterocycles. The molecule has 7 rings (SSSR count). The summed E-state index contributed by atoms with van der Waals surface area (Å²) in [6, 6.07) is 3.76. The van der Waals surface area contributed by atoms with Gasteiger partial charge in [-0.1, -0.05) is 0 Å². The molecule has 3 fully saturated rings. The lowest BCUT2D eigenvalue weighted by Crippen LogP contribution is -2.69. The van der Waals surface area contributed by atoms with Crippen molar-refractivity contribution in [3.63, 3.8) is 0 Å². The Labute approximate surface area is 240 Å². The highest BCUT2D eigenvalue weighted by atomic mass is 79.9. The lowest BCUT2D eigenvalue weighted by Gasteiger charge is -2.60. The number of phenols is 1. The number of nitrogens with zero attached hydrogens (tertiary/aromatic N) is 2. The second-order valence-electron chi connectivity index (χ2n) is 11.9. The summed E-state index contributed by atoms with van der Waals surface area (Å²) in [4.78, 5) is 31.0. The quantitative estimate of drug-likeness (QED) is 0.277. The number of thiophene rings is 1. The highest BCUT2D eigenvalue weighted by molar-refractivity contribution is 9.10. The molecular weight excluding hydrogens is 580 g/mol. The maximum atomic E-state index is 13.4. The summed E-state index contributed by atoms with van der Waals surface area (Å²) < 4.78 is 13.4. The molecule has 7 nitrogen and oxygen atoms in total. The average molecular weight is 614 g/mol. The number of likely N-dealkylation sites (tertiary alicyclic amines) is 1. The number of benzene rings is 1. The van der Waals surface area contributed by atoms with Crippen molar-refractivity contribution in [1.29, 1.82) is 0 Å². The van der Waals surface area contributed by atoms with Crippen molar-refractivity contribution < 1.29 is 24.2 Å². The third kappa shape index (κ3) is 4.06. The molecule has 2 aliphatic heterocycles. The summed E-state index contributed by atoms with van der Waals surface area (Å²) in [7, 11) is 1.87. The Kier molecular flexibility index (Phi) is 6.14. The minimum Gasteiger partial charge on any atom is -0.504 e. The van der Waals surface area contributed by atoms with Gasteiger partial charge in [0.15, 0.2) is 11.5 Å². The monoisotopic (exact) mass is 612 g/mol. The van der Waals surface area contributed by atoms with Gasteiger partial charge in [-0.05, 0) is 85.0 Å². The van der Waals surface area contributed by atoms with E-state index in [1.807, 2.05) is 29.5 Å². The molecule has 9 heteroatoms. The van der Waals surface area contributed by atoms with Gasteiger partial charge in [-0.15, -0.1) is 11.3 Å². The zero-order valence-electron chi connectivity index (χ0n) is 22.2. The molecule has 1 N–H and O–H groups in total. The molecule has 5 aliphatic rings. The lowest BCUT2D eigenvalue weighted by atomic mass is 9.50. The summed E-state index contributed by atoms with van der Waals surface area (Å²) in [6.45, 7) is 3.50. The van der Waals surface area contributed by atoms with E-state index in [4.69, 9.17) is 9.47 Å². The molecule has 3 aliphatic carbocycles. The predicted octanol–water partition coefficient (Wildman–Crippen LogP) is 5.13. The third-order valence-electron chi connectivity index (χ3n) is 9.76.